The van der Waals surface area contributed by atoms with Gasteiger partial charge in [-0.1, -0.05) is 12.1 Å². The van der Waals surface area contributed by atoms with Crippen LogP contribution in [0.25, 0.3) is 0 Å². The minimum absolute atomic E-state index is 0.0995. The highest BCUT2D eigenvalue weighted by atomic mass is 32.2. The predicted octanol–water partition coefficient (Wildman–Crippen LogP) is 1.46. The van der Waals surface area contributed by atoms with Crippen LogP contribution in [0.5, 0.6) is 5.75 Å². The van der Waals surface area contributed by atoms with Gasteiger partial charge in [-0.2, -0.15) is 0 Å². The van der Waals surface area contributed by atoms with Crippen molar-refractivity contribution in [3.05, 3.63) is 24.3 Å². The van der Waals surface area contributed by atoms with Crippen molar-refractivity contribution in [2.75, 3.05) is 23.0 Å². The first kappa shape index (κ1) is 11.8. The van der Waals surface area contributed by atoms with Gasteiger partial charge >= 0.3 is 0 Å². The molecule has 0 radical (unpaired) electrons. The van der Waals surface area contributed by atoms with Crippen molar-refractivity contribution in [1.29, 1.82) is 0 Å². The van der Waals surface area contributed by atoms with Crippen LogP contribution in [0.1, 0.15) is 13.3 Å². The fraction of sp³-hybridized carbons (Fsp3) is 0.538. The lowest BCUT2D eigenvalue weighted by Gasteiger charge is -2.38. The van der Waals surface area contributed by atoms with E-state index in [9.17, 15) is 8.42 Å². The number of ether oxygens (including phenoxy) is 1. The normalized spacial score (nSPS) is 29.7. The molecular weight excluding hydrogens is 250 g/mol. The van der Waals surface area contributed by atoms with E-state index in [1.807, 2.05) is 31.2 Å². The molecular formula is C13H17NO3S. The summed E-state index contributed by atoms with van der Waals surface area (Å²) in [6.45, 7) is 2.78. The second-order valence-electron chi connectivity index (χ2n) is 5.11. The quantitative estimate of drug-likeness (QED) is 0.773. The molecule has 0 aromatic heterocycles. The molecule has 5 heteroatoms. The van der Waals surface area contributed by atoms with Gasteiger partial charge in [0.25, 0.3) is 0 Å². The molecule has 18 heavy (non-hydrogen) atoms. The maximum atomic E-state index is 11.6. The second-order valence-corrected chi connectivity index (χ2v) is 7.33. The lowest BCUT2D eigenvalue weighted by atomic mass is 10.1. The molecule has 0 N–H and O–H groups in total. The minimum Gasteiger partial charge on any atom is -0.487 e. The summed E-state index contributed by atoms with van der Waals surface area (Å²) in [5, 5.41) is 0. The Bertz CT molecular complexity index is 555. The summed E-state index contributed by atoms with van der Waals surface area (Å²) < 4.78 is 29.0. The van der Waals surface area contributed by atoms with Gasteiger partial charge in [-0.3, -0.25) is 0 Å². The first-order chi connectivity index (χ1) is 8.55. The average Bonchev–Trinajstić information content (AvgIpc) is 2.68. The van der Waals surface area contributed by atoms with E-state index in [0.717, 1.165) is 24.4 Å². The molecule has 1 saturated heterocycles. The van der Waals surface area contributed by atoms with Crippen LogP contribution in [0, 0.1) is 0 Å². The Morgan fingerprint density at radius 2 is 2.11 bits per heavy atom. The van der Waals surface area contributed by atoms with E-state index in [4.69, 9.17) is 4.74 Å². The Morgan fingerprint density at radius 3 is 2.83 bits per heavy atom. The summed E-state index contributed by atoms with van der Waals surface area (Å²) in [6.07, 6.45) is 0.826. The lowest BCUT2D eigenvalue weighted by Crippen LogP contribution is -2.45. The zero-order valence-corrected chi connectivity index (χ0v) is 11.2. The van der Waals surface area contributed by atoms with Gasteiger partial charge in [0.05, 0.1) is 23.7 Å². The molecule has 2 heterocycles. The third kappa shape index (κ3) is 2.07. The van der Waals surface area contributed by atoms with Crippen molar-refractivity contribution >= 4 is 15.5 Å². The molecule has 0 saturated carbocycles. The molecule has 1 aromatic rings. The number of fused-ring (bicyclic) bond motifs is 1. The molecule has 0 aliphatic carbocycles. The standard InChI is InChI=1S/C13H17NO3S/c1-10-8-14(11-6-7-18(15,16)9-11)12-4-2-3-5-13(12)17-10/h2-5,10-11H,6-9H2,1H3. The summed E-state index contributed by atoms with van der Waals surface area (Å²) in [6, 6.07) is 7.96. The molecule has 2 aliphatic heterocycles. The number of hydrogen-bond donors (Lipinski definition) is 0. The van der Waals surface area contributed by atoms with Crippen LogP contribution in [0.2, 0.25) is 0 Å². The molecule has 4 nitrogen and oxygen atoms in total. The van der Waals surface area contributed by atoms with Gasteiger partial charge in [-0.15, -0.1) is 0 Å². The SMILES string of the molecule is CC1CN(C2CCS(=O)(=O)C2)c2ccccc2O1. The maximum absolute atomic E-state index is 11.6. The molecule has 0 spiro atoms. The van der Waals surface area contributed by atoms with Crippen molar-refractivity contribution in [2.45, 2.75) is 25.5 Å². The van der Waals surface area contributed by atoms with E-state index in [-0.39, 0.29) is 17.9 Å². The van der Waals surface area contributed by atoms with Gasteiger partial charge in [0.15, 0.2) is 9.84 Å². The summed E-state index contributed by atoms with van der Waals surface area (Å²) in [5.41, 5.74) is 1.03. The highest BCUT2D eigenvalue weighted by Crippen LogP contribution is 2.36. The fourth-order valence-corrected chi connectivity index (χ4v) is 4.52. The zero-order valence-electron chi connectivity index (χ0n) is 10.4. The summed E-state index contributed by atoms with van der Waals surface area (Å²) >= 11 is 0. The van der Waals surface area contributed by atoms with Crippen LogP contribution in [0.3, 0.4) is 0 Å². The van der Waals surface area contributed by atoms with E-state index < -0.39 is 9.84 Å². The molecule has 0 amide bonds. The first-order valence-electron chi connectivity index (χ1n) is 6.28. The highest BCUT2D eigenvalue weighted by Gasteiger charge is 2.35. The van der Waals surface area contributed by atoms with E-state index in [1.165, 1.54) is 0 Å². The maximum Gasteiger partial charge on any atom is 0.152 e. The van der Waals surface area contributed by atoms with Gasteiger partial charge in [-0.25, -0.2) is 8.42 Å². The van der Waals surface area contributed by atoms with Crippen LogP contribution >= 0.6 is 0 Å². The van der Waals surface area contributed by atoms with Crippen molar-refractivity contribution in [3.63, 3.8) is 0 Å². The average molecular weight is 267 g/mol. The summed E-state index contributed by atoms with van der Waals surface area (Å²) in [5.74, 6) is 1.44. The van der Waals surface area contributed by atoms with Gasteiger partial charge in [-0.05, 0) is 25.5 Å². The first-order valence-corrected chi connectivity index (χ1v) is 8.10. The molecule has 2 atom stereocenters. The molecule has 1 aromatic carbocycles. The summed E-state index contributed by atoms with van der Waals surface area (Å²) in [4.78, 5) is 2.20. The van der Waals surface area contributed by atoms with Crippen molar-refractivity contribution in [1.82, 2.24) is 0 Å². The Morgan fingerprint density at radius 1 is 1.33 bits per heavy atom. The van der Waals surface area contributed by atoms with E-state index in [1.54, 1.807) is 0 Å². The van der Waals surface area contributed by atoms with Gasteiger partial charge < -0.3 is 9.64 Å². The number of para-hydroxylation sites is 2. The predicted molar refractivity (Wildman–Crippen MR) is 70.9 cm³/mol. The van der Waals surface area contributed by atoms with Crippen molar-refractivity contribution in [3.8, 4) is 5.75 Å². The monoisotopic (exact) mass is 267 g/mol. The molecule has 2 unspecified atom stereocenters. The highest BCUT2D eigenvalue weighted by molar-refractivity contribution is 7.91. The Kier molecular flexibility index (Phi) is 2.73. The Labute approximate surface area is 107 Å². The van der Waals surface area contributed by atoms with Crippen molar-refractivity contribution < 1.29 is 13.2 Å². The number of nitrogens with zero attached hydrogens (tertiary/aromatic N) is 1. The summed E-state index contributed by atoms with van der Waals surface area (Å²) in [7, 11) is -2.85. The molecule has 2 aliphatic rings. The topological polar surface area (TPSA) is 46.6 Å². The van der Waals surface area contributed by atoms with Gasteiger partial charge in [0.2, 0.25) is 0 Å². The van der Waals surface area contributed by atoms with Crippen LogP contribution in [-0.4, -0.2) is 38.6 Å². The molecule has 3 rings (SSSR count). The molecule has 98 valence electrons. The number of rotatable bonds is 1. The van der Waals surface area contributed by atoms with Gasteiger partial charge in [0.1, 0.15) is 11.9 Å². The lowest BCUT2D eigenvalue weighted by molar-refractivity contribution is 0.208. The third-order valence-corrected chi connectivity index (χ3v) is 5.36. The van der Waals surface area contributed by atoms with E-state index in [0.29, 0.717) is 5.75 Å². The Balaban J connectivity index is 1.93. The molecule has 1 fully saturated rings. The van der Waals surface area contributed by atoms with Crippen molar-refractivity contribution in [2.24, 2.45) is 0 Å². The number of sulfone groups is 1. The van der Waals surface area contributed by atoms with E-state index in [2.05, 4.69) is 4.90 Å². The van der Waals surface area contributed by atoms with Crippen LogP contribution < -0.4 is 9.64 Å². The van der Waals surface area contributed by atoms with Gasteiger partial charge in [0, 0.05) is 6.04 Å². The minimum atomic E-state index is -2.85. The number of anilines is 1. The Hall–Kier alpha value is -1.23. The smallest absolute Gasteiger partial charge is 0.152 e. The van der Waals surface area contributed by atoms with Crippen LogP contribution in [-0.2, 0) is 9.84 Å². The number of hydrogen-bond acceptors (Lipinski definition) is 4. The largest absolute Gasteiger partial charge is 0.487 e. The third-order valence-electron chi connectivity index (χ3n) is 3.61. The van der Waals surface area contributed by atoms with Crippen LogP contribution in [0.15, 0.2) is 24.3 Å². The zero-order chi connectivity index (χ0) is 12.8. The van der Waals surface area contributed by atoms with Crippen LogP contribution in [0.4, 0.5) is 5.69 Å². The number of benzene rings is 1. The van der Waals surface area contributed by atoms with E-state index >= 15 is 0 Å². The molecule has 0 bridgehead atoms. The fourth-order valence-electron chi connectivity index (χ4n) is 2.79. The second kappa shape index (κ2) is 4.16.